The Kier molecular flexibility index (Phi) is 5.12. The van der Waals surface area contributed by atoms with Crippen LogP contribution in [0.2, 0.25) is 0 Å². The van der Waals surface area contributed by atoms with Crippen molar-refractivity contribution in [2.24, 2.45) is 0 Å². The maximum atomic E-state index is 12.7. The summed E-state index contributed by atoms with van der Waals surface area (Å²) in [5, 5.41) is 5.28. The van der Waals surface area contributed by atoms with Crippen molar-refractivity contribution in [1.29, 1.82) is 0 Å². The summed E-state index contributed by atoms with van der Waals surface area (Å²) >= 11 is 2.63. The van der Waals surface area contributed by atoms with Gasteiger partial charge in [-0.05, 0) is 35.7 Å². The molecule has 2 aromatic carbocycles. The summed E-state index contributed by atoms with van der Waals surface area (Å²) in [6.07, 6.45) is 0. The molecule has 0 saturated carbocycles. The van der Waals surface area contributed by atoms with E-state index in [2.05, 4.69) is 15.0 Å². The van der Waals surface area contributed by atoms with Crippen molar-refractivity contribution in [3.05, 3.63) is 76.6 Å². The first kappa shape index (κ1) is 18.6. The number of para-hydroxylation sites is 2. The number of sulfonamides is 1. The van der Waals surface area contributed by atoms with Crippen molar-refractivity contribution in [2.75, 3.05) is 4.72 Å². The molecule has 2 aromatic heterocycles. The van der Waals surface area contributed by atoms with Gasteiger partial charge in [-0.25, -0.2) is 13.4 Å². The molecular weight excluding hydrogens is 414 g/mol. The summed E-state index contributed by atoms with van der Waals surface area (Å²) in [4.78, 5) is 17.1. The zero-order chi connectivity index (χ0) is 19.6. The number of thiazole rings is 1. The van der Waals surface area contributed by atoms with E-state index in [4.69, 9.17) is 0 Å². The van der Waals surface area contributed by atoms with Gasteiger partial charge in [0.1, 0.15) is 9.22 Å². The van der Waals surface area contributed by atoms with Crippen LogP contribution in [0.1, 0.15) is 15.4 Å². The Bertz CT molecular complexity index is 1200. The summed E-state index contributed by atoms with van der Waals surface area (Å²) < 4.78 is 28.7. The number of nitrogens with one attached hydrogen (secondary N) is 2. The third-order valence-corrected chi connectivity index (χ3v) is 7.71. The minimum absolute atomic E-state index is 0.192. The van der Waals surface area contributed by atoms with Gasteiger partial charge in [0.2, 0.25) is 0 Å². The van der Waals surface area contributed by atoms with Gasteiger partial charge in [0.25, 0.3) is 15.9 Å². The van der Waals surface area contributed by atoms with Crippen molar-refractivity contribution >= 4 is 54.5 Å². The van der Waals surface area contributed by atoms with Gasteiger partial charge < -0.3 is 5.32 Å². The third-order valence-electron chi connectivity index (χ3n) is 3.91. The number of benzene rings is 2. The summed E-state index contributed by atoms with van der Waals surface area (Å²) in [5.74, 6) is -0.372. The fraction of sp³-hybridized carbons (Fsp3) is 0.0526. The van der Waals surface area contributed by atoms with Crippen LogP contribution >= 0.6 is 22.7 Å². The Morgan fingerprint density at radius 1 is 1.00 bits per heavy atom. The lowest BCUT2D eigenvalue weighted by Gasteiger charge is -2.11. The predicted octanol–water partition coefficient (Wildman–Crippen LogP) is 4.09. The molecule has 0 aliphatic rings. The molecule has 2 N–H and O–H groups in total. The van der Waals surface area contributed by atoms with Gasteiger partial charge in [0, 0.05) is 0 Å². The van der Waals surface area contributed by atoms with Gasteiger partial charge in [-0.15, -0.1) is 22.7 Å². The molecule has 4 aromatic rings. The van der Waals surface area contributed by atoms with Crippen molar-refractivity contribution in [1.82, 2.24) is 10.3 Å². The average molecular weight is 430 g/mol. The third kappa shape index (κ3) is 3.91. The van der Waals surface area contributed by atoms with Crippen LogP contribution < -0.4 is 10.0 Å². The lowest BCUT2D eigenvalue weighted by Crippen LogP contribution is -2.24. The standard InChI is InChI=1S/C19H15N3O3S3/c23-19(20-12-17-21-15-8-3-4-9-16(15)27-17)13-6-1-2-7-14(13)22-28(24,25)18-10-5-11-26-18/h1-11,22H,12H2,(H,20,23). The van der Waals surface area contributed by atoms with Crippen LogP contribution in [-0.2, 0) is 16.6 Å². The second kappa shape index (κ2) is 7.70. The Labute approximate surface area is 169 Å². The fourth-order valence-corrected chi connectivity index (χ4v) is 5.61. The zero-order valence-electron chi connectivity index (χ0n) is 14.5. The van der Waals surface area contributed by atoms with Crippen molar-refractivity contribution < 1.29 is 13.2 Å². The normalized spacial score (nSPS) is 11.4. The summed E-state index contributed by atoms with van der Waals surface area (Å²) in [6, 6.07) is 17.5. The monoisotopic (exact) mass is 429 g/mol. The van der Waals surface area contributed by atoms with E-state index in [1.165, 1.54) is 17.4 Å². The van der Waals surface area contributed by atoms with E-state index in [9.17, 15) is 13.2 Å². The molecule has 6 nitrogen and oxygen atoms in total. The topological polar surface area (TPSA) is 88.2 Å². The van der Waals surface area contributed by atoms with Crippen molar-refractivity contribution in [2.45, 2.75) is 10.8 Å². The molecule has 0 bridgehead atoms. The molecular formula is C19H15N3O3S3. The summed E-state index contributed by atoms with van der Waals surface area (Å²) in [6.45, 7) is 0.268. The van der Waals surface area contributed by atoms with Crippen LogP contribution in [-0.4, -0.2) is 19.3 Å². The number of fused-ring (bicyclic) bond motifs is 1. The van der Waals surface area contributed by atoms with Crippen molar-refractivity contribution in [3.8, 4) is 0 Å². The Balaban J connectivity index is 1.51. The Morgan fingerprint density at radius 2 is 1.79 bits per heavy atom. The summed E-state index contributed by atoms with van der Waals surface area (Å²) in [7, 11) is -3.73. The maximum Gasteiger partial charge on any atom is 0.271 e. The van der Waals surface area contributed by atoms with Gasteiger partial charge in [-0.1, -0.05) is 30.3 Å². The van der Waals surface area contributed by atoms with Crippen LogP contribution in [0, 0.1) is 0 Å². The molecule has 0 atom stereocenters. The number of carbonyl (C=O) groups excluding carboxylic acids is 1. The smallest absolute Gasteiger partial charge is 0.271 e. The first-order valence-corrected chi connectivity index (χ1v) is 11.5. The number of carbonyl (C=O) groups is 1. The number of amides is 1. The molecule has 1 amide bonds. The minimum Gasteiger partial charge on any atom is -0.345 e. The van der Waals surface area contributed by atoms with E-state index in [1.54, 1.807) is 35.7 Å². The molecule has 142 valence electrons. The number of rotatable bonds is 6. The lowest BCUT2D eigenvalue weighted by atomic mass is 10.1. The lowest BCUT2D eigenvalue weighted by molar-refractivity contribution is 0.0952. The van der Waals surface area contributed by atoms with Crippen LogP contribution in [0.25, 0.3) is 10.2 Å². The second-order valence-corrected chi connectivity index (χ2v) is 9.81. The number of nitrogens with zero attached hydrogens (tertiary/aromatic N) is 1. The zero-order valence-corrected chi connectivity index (χ0v) is 16.9. The highest BCUT2D eigenvalue weighted by Crippen LogP contribution is 2.24. The first-order valence-electron chi connectivity index (χ1n) is 8.31. The number of aromatic nitrogens is 1. The van der Waals surface area contributed by atoms with Crippen LogP contribution in [0.3, 0.4) is 0 Å². The van der Waals surface area contributed by atoms with Gasteiger partial charge in [-0.3, -0.25) is 9.52 Å². The molecule has 0 radical (unpaired) electrons. The van der Waals surface area contributed by atoms with E-state index in [0.717, 1.165) is 26.6 Å². The van der Waals surface area contributed by atoms with Crippen LogP contribution in [0.5, 0.6) is 0 Å². The Morgan fingerprint density at radius 3 is 2.57 bits per heavy atom. The SMILES string of the molecule is O=C(NCc1nc2ccccc2s1)c1ccccc1NS(=O)(=O)c1cccs1. The number of thiophene rings is 1. The van der Waals surface area contributed by atoms with E-state index in [0.29, 0.717) is 0 Å². The molecule has 0 aliphatic heterocycles. The molecule has 2 heterocycles. The average Bonchev–Trinajstić information content (AvgIpc) is 3.36. The fourth-order valence-electron chi connectivity index (χ4n) is 2.63. The number of hydrogen-bond acceptors (Lipinski definition) is 6. The number of hydrogen-bond donors (Lipinski definition) is 2. The summed E-state index contributed by atoms with van der Waals surface area (Å²) in [5.41, 5.74) is 1.38. The van der Waals surface area contributed by atoms with Crippen molar-refractivity contribution in [3.63, 3.8) is 0 Å². The quantitative estimate of drug-likeness (QED) is 0.483. The van der Waals surface area contributed by atoms with Gasteiger partial charge in [0.15, 0.2) is 0 Å². The molecule has 9 heteroatoms. The van der Waals surface area contributed by atoms with E-state index < -0.39 is 10.0 Å². The van der Waals surface area contributed by atoms with Crippen LogP contribution in [0.15, 0.2) is 70.3 Å². The maximum absolute atomic E-state index is 12.7. The predicted molar refractivity (Wildman–Crippen MR) is 112 cm³/mol. The molecule has 0 spiro atoms. The highest BCUT2D eigenvalue weighted by molar-refractivity contribution is 7.94. The van der Waals surface area contributed by atoms with Crippen LogP contribution in [0.4, 0.5) is 5.69 Å². The second-order valence-electron chi connectivity index (χ2n) is 5.84. The van der Waals surface area contributed by atoms with E-state index >= 15 is 0 Å². The minimum atomic E-state index is -3.73. The largest absolute Gasteiger partial charge is 0.345 e. The van der Waals surface area contributed by atoms with Gasteiger partial charge in [0.05, 0.1) is 28.0 Å². The molecule has 4 rings (SSSR count). The first-order chi connectivity index (χ1) is 13.5. The Hall–Kier alpha value is -2.75. The molecule has 0 unspecified atom stereocenters. The van der Waals surface area contributed by atoms with E-state index in [1.807, 2.05) is 24.3 Å². The van der Waals surface area contributed by atoms with Gasteiger partial charge >= 0.3 is 0 Å². The highest BCUT2D eigenvalue weighted by atomic mass is 32.2. The molecule has 28 heavy (non-hydrogen) atoms. The highest BCUT2D eigenvalue weighted by Gasteiger charge is 2.19. The number of anilines is 1. The van der Waals surface area contributed by atoms with E-state index in [-0.39, 0.29) is 27.9 Å². The molecule has 0 aliphatic carbocycles. The van der Waals surface area contributed by atoms with Gasteiger partial charge in [-0.2, -0.15) is 0 Å². The molecule has 0 fully saturated rings. The molecule has 0 saturated heterocycles.